The maximum Gasteiger partial charge on any atom is 0.322 e. The summed E-state index contributed by atoms with van der Waals surface area (Å²) < 4.78 is 26.6. The lowest BCUT2D eigenvalue weighted by Crippen LogP contribution is -2.44. The molecule has 0 radical (unpaired) electrons. The van der Waals surface area contributed by atoms with Gasteiger partial charge >= 0.3 is 5.97 Å². The Kier molecular flexibility index (Phi) is 5.41. The molecule has 7 nitrogen and oxygen atoms in total. The van der Waals surface area contributed by atoms with E-state index >= 15 is 0 Å². The Morgan fingerprint density at radius 2 is 2.19 bits per heavy atom. The maximum absolute atomic E-state index is 12.2. The number of aromatic nitrogens is 1. The Labute approximate surface area is 123 Å². The monoisotopic (exact) mass is 311 g/mol. The first-order valence-electron chi connectivity index (χ1n) is 6.34. The number of sulfonamides is 1. The van der Waals surface area contributed by atoms with E-state index in [9.17, 15) is 13.2 Å². The maximum atomic E-state index is 12.2. The van der Waals surface area contributed by atoms with E-state index in [-0.39, 0.29) is 16.4 Å². The number of pyridine rings is 1. The number of nitrogens with zero attached hydrogens (tertiary/aromatic N) is 2. The van der Waals surface area contributed by atoms with Crippen molar-refractivity contribution in [3.63, 3.8) is 0 Å². The van der Waals surface area contributed by atoms with E-state index in [0.717, 1.165) is 6.20 Å². The average molecular weight is 311 g/mol. The van der Waals surface area contributed by atoms with E-state index in [1.807, 2.05) is 6.07 Å². The summed E-state index contributed by atoms with van der Waals surface area (Å²) in [5, 5.41) is 18.0. The molecule has 21 heavy (non-hydrogen) atoms. The highest BCUT2D eigenvalue weighted by Crippen LogP contribution is 2.15. The number of carboxylic acid groups (broad SMARTS) is 1. The van der Waals surface area contributed by atoms with E-state index in [2.05, 4.69) is 9.71 Å². The SMILES string of the molecule is CC[C@H](C)[C@H](NS(=O)(=O)c1cnc(C)c(C#N)c1)C(=O)O. The zero-order valence-electron chi connectivity index (χ0n) is 12.0. The van der Waals surface area contributed by atoms with Gasteiger partial charge in [0, 0.05) is 6.20 Å². The highest BCUT2D eigenvalue weighted by molar-refractivity contribution is 7.89. The van der Waals surface area contributed by atoms with E-state index in [4.69, 9.17) is 10.4 Å². The van der Waals surface area contributed by atoms with Crippen LogP contribution in [0, 0.1) is 24.2 Å². The summed E-state index contributed by atoms with van der Waals surface area (Å²) in [5.74, 6) is -1.61. The predicted octanol–water partition coefficient (Wildman–Crippen LogP) is 1.04. The van der Waals surface area contributed by atoms with Gasteiger partial charge in [0.25, 0.3) is 0 Å². The Morgan fingerprint density at radius 1 is 1.57 bits per heavy atom. The number of hydrogen-bond donors (Lipinski definition) is 2. The van der Waals surface area contributed by atoms with Gasteiger partial charge in [-0.15, -0.1) is 0 Å². The van der Waals surface area contributed by atoms with Crippen LogP contribution in [0.3, 0.4) is 0 Å². The second-order valence-corrected chi connectivity index (χ2v) is 6.45. The molecule has 2 N–H and O–H groups in total. The van der Waals surface area contributed by atoms with Crippen LogP contribution in [-0.4, -0.2) is 30.5 Å². The van der Waals surface area contributed by atoms with Gasteiger partial charge in [-0.1, -0.05) is 20.3 Å². The molecule has 0 aliphatic heterocycles. The molecule has 1 rings (SSSR count). The lowest BCUT2D eigenvalue weighted by Gasteiger charge is -2.20. The molecule has 0 bridgehead atoms. The minimum Gasteiger partial charge on any atom is -0.480 e. The van der Waals surface area contributed by atoms with E-state index in [1.54, 1.807) is 20.8 Å². The van der Waals surface area contributed by atoms with Crippen LogP contribution < -0.4 is 4.72 Å². The number of aryl methyl sites for hydroxylation is 1. The van der Waals surface area contributed by atoms with Crippen molar-refractivity contribution >= 4 is 16.0 Å². The van der Waals surface area contributed by atoms with Gasteiger partial charge in [-0.25, -0.2) is 8.42 Å². The number of carbonyl (C=O) groups is 1. The van der Waals surface area contributed by atoms with Crippen LogP contribution in [0.15, 0.2) is 17.2 Å². The fourth-order valence-electron chi connectivity index (χ4n) is 1.65. The Balaban J connectivity index is 3.17. The van der Waals surface area contributed by atoms with Crippen molar-refractivity contribution in [1.82, 2.24) is 9.71 Å². The van der Waals surface area contributed by atoms with Crippen molar-refractivity contribution in [1.29, 1.82) is 5.26 Å². The molecule has 0 saturated carbocycles. The lowest BCUT2D eigenvalue weighted by atomic mass is 10.0. The van der Waals surface area contributed by atoms with E-state index in [0.29, 0.717) is 12.1 Å². The molecule has 0 spiro atoms. The summed E-state index contributed by atoms with van der Waals surface area (Å²) in [6.45, 7) is 5.01. The van der Waals surface area contributed by atoms with Gasteiger partial charge < -0.3 is 5.11 Å². The van der Waals surface area contributed by atoms with Crippen LogP contribution in [-0.2, 0) is 14.8 Å². The van der Waals surface area contributed by atoms with Crippen LogP contribution in [0.2, 0.25) is 0 Å². The molecule has 0 fully saturated rings. The molecule has 2 atom stereocenters. The van der Waals surface area contributed by atoms with Crippen molar-refractivity contribution in [2.45, 2.75) is 38.1 Å². The summed E-state index contributed by atoms with van der Waals surface area (Å²) in [5.41, 5.74) is 0.543. The fraction of sp³-hybridized carbons (Fsp3) is 0.462. The molecule has 1 heterocycles. The van der Waals surface area contributed by atoms with Crippen LogP contribution in [0.5, 0.6) is 0 Å². The highest BCUT2D eigenvalue weighted by atomic mass is 32.2. The molecule has 0 amide bonds. The number of aliphatic carboxylic acids is 1. The number of nitriles is 1. The first kappa shape index (κ1) is 17.1. The zero-order valence-corrected chi connectivity index (χ0v) is 12.8. The average Bonchev–Trinajstić information content (AvgIpc) is 2.44. The molecule has 1 aromatic heterocycles. The summed E-state index contributed by atoms with van der Waals surface area (Å²) in [6.07, 6.45) is 1.61. The third kappa shape index (κ3) is 4.00. The largest absolute Gasteiger partial charge is 0.480 e. The molecule has 114 valence electrons. The minimum atomic E-state index is -4.05. The molecule has 0 aliphatic carbocycles. The molecule has 1 aromatic rings. The molecule has 0 aliphatic rings. The highest BCUT2D eigenvalue weighted by Gasteiger charge is 2.29. The van der Waals surface area contributed by atoms with Crippen LogP contribution in [0.1, 0.15) is 31.5 Å². The standard InChI is InChI=1S/C13H17N3O4S/c1-4-8(2)12(13(17)18)16-21(19,20)11-5-10(6-14)9(3)15-7-11/h5,7-8,12,16H,4H2,1-3H3,(H,17,18)/t8-,12-/m0/s1. The van der Waals surface area contributed by atoms with Gasteiger partial charge in [0.1, 0.15) is 17.0 Å². The van der Waals surface area contributed by atoms with Gasteiger partial charge in [-0.05, 0) is 18.9 Å². The third-order valence-corrected chi connectivity index (χ3v) is 4.66. The zero-order chi connectivity index (χ0) is 16.2. The fourth-order valence-corrected chi connectivity index (χ4v) is 2.92. The van der Waals surface area contributed by atoms with Crippen LogP contribution in [0.4, 0.5) is 0 Å². The first-order valence-corrected chi connectivity index (χ1v) is 7.83. The second-order valence-electron chi connectivity index (χ2n) is 4.74. The molecule has 0 saturated heterocycles. The summed E-state index contributed by atoms with van der Waals surface area (Å²) >= 11 is 0. The van der Waals surface area contributed by atoms with Gasteiger partial charge in [-0.3, -0.25) is 9.78 Å². The quantitative estimate of drug-likeness (QED) is 0.809. The summed E-state index contributed by atoms with van der Waals surface area (Å²) in [7, 11) is -4.05. The van der Waals surface area contributed by atoms with Crippen LogP contribution in [0.25, 0.3) is 0 Å². The summed E-state index contributed by atoms with van der Waals surface area (Å²) in [6, 6.07) is 1.80. The number of nitrogens with one attached hydrogen (secondary N) is 1. The van der Waals surface area contributed by atoms with Gasteiger partial charge in [-0.2, -0.15) is 9.98 Å². The minimum absolute atomic E-state index is 0.133. The third-order valence-electron chi connectivity index (χ3n) is 3.25. The van der Waals surface area contributed by atoms with Gasteiger partial charge in [0.2, 0.25) is 10.0 Å². The first-order chi connectivity index (χ1) is 9.72. The molecular formula is C13H17N3O4S. The van der Waals surface area contributed by atoms with Crippen LogP contribution >= 0.6 is 0 Å². The normalized spacial score (nSPS) is 14.2. The van der Waals surface area contributed by atoms with Gasteiger partial charge in [0.15, 0.2) is 0 Å². The van der Waals surface area contributed by atoms with Crippen molar-refractivity contribution in [2.24, 2.45) is 5.92 Å². The molecular weight excluding hydrogens is 294 g/mol. The van der Waals surface area contributed by atoms with Crippen molar-refractivity contribution in [2.75, 3.05) is 0 Å². The smallest absolute Gasteiger partial charge is 0.322 e. The predicted molar refractivity (Wildman–Crippen MR) is 74.9 cm³/mol. The van der Waals surface area contributed by atoms with Gasteiger partial charge in [0.05, 0.1) is 11.3 Å². The Morgan fingerprint density at radius 3 is 2.67 bits per heavy atom. The van der Waals surface area contributed by atoms with E-state index in [1.165, 1.54) is 6.07 Å². The molecule has 0 unspecified atom stereocenters. The molecule has 8 heteroatoms. The molecule has 0 aromatic carbocycles. The van der Waals surface area contributed by atoms with Crippen molar-refractivity contribution < 1.29 is 18.3 Å². The van der Waals surface area contributed by atoms with Crippen molar-refractivity contribution in [3.05, 3.63) is 23.5 Å². The number of carboxylic acids is 1. The topological polar surface area (TPSA) is 120 Å². The van der Waals surface area contributed by atoms with Crippen molar-refractivity contribution in [3.8, 4) is 6.07 Å². The Bertz CT molecular complexity index is 679. The second kappa shape index (κ2) is 6.65. The van der Waals surface area contributed by atoms with E-state index < -0.39 is 22.0 Å². The number of rotatable bonds is 6. The lowest BCUT2D eigenvalue weighted by molar-refractivity contribution is -0.140. The number of hydrogen-bond acceptors (Lipinski definition) is 5. The summed E-state index contributed by atoms with van der Waals surface area (Å²) in [4.78, 5) is 14.8. The Hall–Kier alpha value is -1.98.